The van der Waals surface area contributed by atoms with Gasteiger partial charge in [0.25, 0.3) is 11.8 Å². The van der Waals surface area contributed by atoms with E-state index in [1.54, 1.807) is 55.5 Å². The molecule has 0 heterocycles. The molecule has 2 aromatic carbocycles. The molecule has 2 aromatic rings. The van der Waals surface area contributed by atoms with Crippen LogP contribution in [0.3, 0.4) is 0 Å². The lowest BCUT2D eigenvalue weighted by molar-refractivity contribution is 0.0912. The molecule has 0 saturated carbocycles. The van der Waals surface area contributed by atoms with Crippen LogP contribution in [0.15, 0.2) is 48.5 Å². The summed E-state index contributed by atoms with van der Waals surface area (Å²) in [5.41, 5.74) is 1.87. The second-order valence-corrected chi connectivity index (χ2v) is 5.46. The van der Waals surface area contributed by atoms with E-state index in [0.717, 1.165) is 0 Å². The highest BCUT2D eigenvalue weighted by atomic mass is 16.2. The van der Waals surface area contributed by atoms with Gasteiger partial charge in [-0.2, -0.15) is 10.5 Å². The number of nitriles is 2. The van der Waals surface area contributed by atoms with Crippen LogP contribution in [0.5, 0.6) is 0 Å². The zero-order valence-electron chi connectivity index (χ0n) is 13.6. The van der Waals surface area contributed by atoms with Crippen LogP contribution in [-0.4, -0.2) is 24.4 Å². The molecule has 6 heteroatoms. The van der Waals surface area contributed by atoms with Crippen LogP contribution >= 0.6 is 0 Å². The summed E-state index contributed by atoms with van der Waals surface area (Å²) < 4.78 is 0. The first-order valence-electron chi connectivity index (χ1n) is 7.63. The summed E-state index contributed by atoms with van der Waals surface area (Å²) in [5, 5.41) is 23.0. The Morgan fingerprint density at radius 3 is 1.76 bits per heavy atom. The number of carbonyl (C=O) groups is 2. The van der Waals surface area contributed by atoms with Gasteiger partial charge in [0.05, 0.1) is 23.3 Å². The summed E-state index contributed by atoms with van der Waals surface area (Å²) in [6.45, 7) is 2.04. The Balaban J connectivity index is 1.85. The first kappa shape index (κ1) is 17.7. The van der Waals surface area contributed by atoms with E-state index in [9.17, 15) is 9.59 Å². The molecule has 0 radical (unpaired) electrons. The molecule has 25 heavy (non-hydrogen) atoms. The van der Waals surface area contributed by atoms with Gasteiger partial charge in [0.15, 0.2) is 0 Å². The van der Waals surface area contributed by atoms with Crippen LogP contribution < -0.4 is 10.6 Å². The van der Waals surface area contributed by atoms with Gasteiger partial charge < -0.3 is 10.6 Å². The average Bonchev–Trinajstić information content (AvgIpc) is 2.66. The lowest BCUT2D eigenvalue weighted by Gasteiger charge is -2.15. The molecule has 6 nitrogen and oxygen atoms in total. The maximum Gasteiger partial charge on any atom is 0.251 e. The smallest absolute Gasteiger partial charge is 0.251 e. The molecule has 0 spiro atoms. The van der Waals surface area contributed by atoms with Crippen molar-refractivity contribution in [1.29, 1.82) is 10.5 Å². The minimum atomic E-state index is -0.274. The number of rotatable bonds is 5. The van der Waals surface area contributed by atoms with Crippen molar-refractivity contribution < 1.29 is 9.59 Å². The van der Waals surface area contributed by atoms with Gasteiger partial charge in [-0.05, 0) is 55.5 Å². The van der Waals surface area contributed by atoms with E-state index in [-0.39, 0.29) is 24.4 Å². The van der Waals surface area contributed by atoms with Crippen molar-refractivity contribution in [3.05, 3.63) is 70.8 Å². The lowest BCUT2D eigenvalue weighted by Crippen LogP contribution is -2.41. The highest BCUT2D eigenvalue weighted by Crippen LogP contribution is 2.04. The number of benzene rings is 2. The van der Waals surface area contributed by atoms with Gasteiger partial charge in [-0.1, -0.05) is 0 Å². The van der Waals surface area contributed by atoms with Crippen molar-refractivity contribution >= 4 is 11.8 Å². The number of nitrogens with zero attached hydrogens (tertiary/aromatic N) is 2. The third-order valence-electron chi connectivity index (χ3n) is 3.50. The first-order valence-corrected chi connectivity index (χ1v) is 7.63. The molecule has 0 aliphatic rings. The number of hydrogen-bond donors (Lipinski definition) is 2. The maximum absolute atomic E-state index is 12.1. The molecule has 2 rings (SSSR count). The fourth-order valence-electron chi connectivity index (χ4n) is 2.10. The quantitative estimate of drug-likeness (QED) is 0.873. The van der Waals surface area contributed by atoms with Crippen molar-refractivity contribution in [2.75, 3.05) is 6.54 Å². The summed E-state index contributed by atoms with van der Waals surface area (Å²) in [6, 6.07) is 16.3. The van der Waals surface area contributed by atoms with E-state index in [0.29, 0.717) is 22.3 Å². The van der Waals surface area contributed by atoms with Crippen LogP contribution in [0.4, 0.5) is 0 Å². The predicted molar refractivity (Wildman–Crippen MR) is 91.6 cm³/mol. The zero-order chi connectivity index (χ0) is 18.2. The van der Waals surface area contributed by atoms with Crippen molar-refractivity contribution in [2.45, 2.75) is 13.0 Å². The molecule has 2 amide bonds. The number of nitrogens with one attached hydrogen (secondary N) is 2. The third kappa shape index (κ3) is 4.92. The minimum Gasteiger partial charge on any atom is -0.350 e. The van der Waals surface area contributed by atoms with E-state index >= 15 is 0 Å². The average molecular weight is 332 g/mol. The van der Waals surface area contributed by atoms with Gasteiger partial charge in [-0.25, -0.2) is 0 Å². The van der Waals surface area contributed by atoms with Gasteiger partial charge in [-0.3, -0.25) is 9.59 Å². The lowest BCUT2D eigenvalue weighted by atomic mass is 10.1. The van der Waals surface area contributed by atoms with Gasteiger partial charge in [-0.15, -0.1) is 0 Å². The van der Waals surface area contributed by atoms with E-state index < -0.39 is 0 Å². The normalized spacial score (nSPS) is 10.8. The van der Waals surface area contributed by atoms with Crippen LogP contribution in [0.25, 0.3) is 0 Å². The monoisotopic (exact) mass is 332 g/mol. The standard InChI is InChI=1S/C19H16N4O2/c1-13(23-19(25)17-8-4-15(11-21)5-9-17)12-22-18(24)16-6-2-14(10-20)3-7-16/h2-9,13H,12H2,1H3,(H,22,24)(H,23,25)/t13-/m0/s1. The Kier molecular flexibility index (Phi) is 5.86. The SMILES string of the molecule is C[C@@H](CNC(=O)c1ccc(C#N)cc1)NC(=O)c1ccc(C#N)cc1. The van der Waals surface area contributed by atoms with E-state index in [2.05, 4.69) is 10.6 Å². The zero-order valence-corrected chi connectivity index (χ0v) is 13.6. The summed E-state index contributed by atoms with van der Waals surface area (Å²) in [6.07, 6.45) is 0. The molecule has 1 atom stereocenters. The van der Waals surface area contributed by atoms with Crippen LogP contribution in [-0.2, 0) is 0 Å². The molecule has 0 aromatic heterocycles. The maximum atomic E-state index is 12.1. The highest BCUT2D eigenvalue weighted by molar-refractivity contribution is 5.95. The Labute approximate surface area is 145 Å². The third-order valence-corrected chi connectivity index (χ3v) is 3.50. The molecule has 124 valence electrons. The summed E-state index contributed by atoms with van der Waals surface area (Å²) >= 11 is 0. The van der Waals surface area contributed by atoms with Crippen molar-refractivity contribution in [1.82, 2.24) is 10.6 Å². The Morgan fingerprint density at radius 2 is 1.32 bits per heavy atom. The van der Waals surface area contributed by atoms with Crippen LogP contribution in [0.2, 0.25) is 0 Å². The molecule has 0 aliphatic heterocycles. The fraction of sp³-hybridized carbons (Fsp3) is 0.158. The molecule has 0 fully saturated rings. The molecule has 0 aliphatic carbocycles. The van der Waals surface area contributed by atoms with Gasteiger partial charge in [0.2, 0.25) is 0 Å². The molecular weight excluding hydrogens is 316 g/mol. The summed E-state index contributed by atoms with van der Waals surface area (Å²) in [4.78, 5) is 24.1. The topological polar surface area (TPSA) is 106 Å². The second-order valence-electron chi connectivity index (χ2n) is 5.46. The van der Waals surface area contributed by atoms with E-state index in [4.69, 9.17) is 10.5 Å². The van der Waals surface area contributed by atoms with Crippen molar-refractivity contribution in [3.63, 3.8) is 0 Å². The van der Waals surface area contributed by atoms with Crippen molar-refractivity contribution in [2.24, 2.45) is 0 Å². The molecule has 0 unspecified atom stereocenters. The van der Waals surface area contributed by atoms with Gasteiger partial charge in [0, 0.05) is 23.7 Å². The second kappa shape index (κ2) is 8.28. The van der Waals surface area contributed by atoms with Gasteiger partial charge in [0.1, 0.15) is 0 Å². The molecule has 0 saturated heterocycles. The van der Waals surface area contributed by atoms with Crippen molar-refractivity contribution in [3.8, 4) is 12.1 Å². The van der Waals surface area contributed by atoms with E-state index in [1.165, 1.54) is 0 Å². The molecule has 0 bridgehead atoms. The Bertz CT molecular complexity index is 843. The largest absolute Gasteiger partial charge is 0.350 e. The van der Waals surface area contributed by atoms with E-state index in [1.807, 2.05) is 12.1 Å². The van der Waals surface area contributed by atoms with Crippen LogP contribution in [0.1, 0.15) is 38.8 Å². The molecule has 2 N–H and O–H groups in total. The summed E-state index contributed by atoms with van der Waals surface area (Å²) in [5.74, 6) is -0.548. The minimum absolute atomic E-state index is 0.265. The predicted octanol–water partition coefficient (Wildman–Crippen LogP) is 1.98. The Hall–Kier alpha value is -3.64. The fourth-order valence-corrected chi connectivity index (χ4v) is 2.10. The number of carbonyl (C=O) groups excluding carboxylic acids is 2. The Morgan fingerprint density at radius 1 is 0.880 bits per heavy atom. The molecular formula is C19H16N4O2. The number of amides is 2. The van der Waals surface area contributed by atoms with Crippen LogP contribution in [0, 0.1) is 22.7 Å². The first-order chi connectivity index (χ1) is 12.0. The van der Waals surface area contributed by atoms with Gasteiger partial charge >= 0.3 is 0 Å². The number of hydrogen-bond acceptors (Lipinski definition) is 4. The highest BCUT2D eigenvalue weighted by Gasteiger charge is 2.12. The summed E-state index contributed by atoms with van der Waals surface area (Å²) in [7, 11) is 0.